The first kappa shape index (κ1) is 14.5. The summed E-state index contributed by atoms with van der Waals surface area (Å²) in [5.41, 5.74) is 4.09. The molecule has 0 aromatic rings. The van der Waals surface area contributed by atoms with Gasteiger partial charge in [-0.25, -0.2) is 0 Å². The van der Waals surface area contributed by atoms with Crippen LogP contribution in [0, 0.1) is 11.8 Å². The van der Waals surface area contributed by atoms with E-state index in [1.54, 1.807) is 0 Å². The lowest BCUT2D eigenvalue weighted by molar-refractivity contribution is -0.117. The first-order valence-corrected chi connectivity index (χ1v) is 6.52. The predicted molar refractivity (Wildman–Crippen MR) is 73.7 cm³/mol. The van der Waals surface area contributed by atoms with Gasteiger partial charge >= 0.3 is 0 Å². The van der Waals surface area contributed by atoms with Crippen LogP contribution in [-0.2, 0) is 4.79 Å². The Bertz CT molecular complexity index is 333. The zero-order valence-corrected chi connectivity index (χ0v) is 11.7. The third-order valence-corrected chi connectivity index (χ3v) is 2.44. The fourth-order valence-electron chi connectivity index (χ4n) is 1.79. The molecule has 18 heavy (non-hydrogen) atoms. The molecular weight excluding hydrogens is 228 g/mol. The predicted octanol–water partition coefficient (Wildman–Crippen LogP) is 1.54. The highest BCUT2D eigenvalue weighted by Crippen LogP contribution is 2.10. The number of hydrogen-bond acceptors (Lipinski definition) is 4. The van der Waals surface area contributed by atoms with Gasteiger partial charge in [0.05, 0.1) is 6.67 Å². The highest BCUT2D eigenvalue weighted by molar-refractivity contribution is 5.89. The highest BCUT2D eigenvalue weighted by Gasteiger charge is 2.09. The molecule has 0 spiro atoms. The molecule has 0 bridgehead atoms. The van der Waals surface area contributed by atoms with E-state index in [4.69, 9.17) is 0 Å². The quantitative estimate of drug-likeness (QED) is 0.496. The second-order valence-electron chi connectivity index (χ2n) is 5.44. The van der Waals surface area contributed by atoms with Crippen LogP contribution in [0.25, 0.3) is 0 Å². The van der Waals surface area contributed by atoms with E-state index in [0.717, 1.165) is 18.6 Å². The summed E-state index contributed by atoms with van der Waals surface area (Å²) in [7, 11) is 0. The van der Waals surface area contributed by atoms with E-state index in [1.165, 1.54) is 6.08 Å². The van der Waals surface area contributed by atoms with E-state index >= 15 is 0 Å². The molecule has 0 saturated carbocycles. The molecule has 1 rings (SSSR count). The summed E-state index contributed by atoms with van der Waals surface area (Å²) in [5.74, 6) is 1.73. The summed E-state index contributed by atoms with van der Waals surface area (Å²) in [6.45, 7) is 9.17. The average Bonchev–Trinajstić information content (AvgIpc) is 2.24. The van der Waals surface area contributed by atoms with Crippen molar-refractivity contribution in [1.82, 2.24) is 16.1 Å². The van der Waals surface area contributed by atoms with Crippen LogP contribution in [0.2, 0.25) is 0 Å². The third-order valence-electron chi connectivity index (χ3n) is 2.44. The Morgan fingerprint density at radius 1 is 1.28 bits per heavy atom. The van der Waals surface area contributed by atoms with Gasteiger partial charge in [0, 0.05) is 11.8 Å². The van der Waals surface area contributed by atoms with Crippen LogP contribution in [0.15, 0.2) is 17.0 Å². The second-order valence-corrected chi connectivity index (χ2v) is 5.44. The Morgan fingerprint density at radius 2 is 1.89 bits per heavy atom. The minimum atomic E-state index is -0.0966. The van der Waals surface area contributed by atoms with Gasteiger partial charge in [0.25, 0.3) is 0 Å². The molecule has 0 radical (unpaired) electrons. The SMILES string of the molecule is CC(C)CC(CC(C)C)=NNC1=CC(=O)NCN1. The molecule has 0 fully saturated rings. The van der Waals surface area contributed by atoms with Crippen LogP contribution in [0.4, 0.5) is 0 Å². The molecular formula is C13H24N4O. The molecule has 1 heterocycles. The third kappa shape index (κ3) is 5.70. The topological polar surface area (TPSA) is 65.5 Å². The smallest absolute Gasteiger partial charge is 0.249 e. The molecule has 0 aliphatic carbocycles. The molecule has 0 aromatic carbocycles. The molecule has 102 valence electrons. The van der Waals surface area contributed by atoms with Crippen molar-refractivity contribution in [3.8, 4) is 0 Å². The first-order valence-electron chi connectivity index (χ1n) is 6.52. The van der Waals surface area contributed by atoms with Gasteiger partial charge in [0.1, 0.15) is 5.82 Å². The maximum atomic E-state index is 11.2. The summed E-state index contributed by atoms with van der Waals surface area (Å²) < 4.78 is 0. The second kappa shape index (κ2) is 7.03. The van der Waals surface area contributed by atoms with E-state index in [1.807, 2.05) is 0 Å². The van der Waals surface area contributed by atoms with E-state index in [-0.39, 0.29) is 5.91 Å². The molecule has 1 aliphatic heterocycles. The molecule has 0 atom stereocenters. The van der Waals surface area contributed by atoms with Crippen molar-refractivity contribution in [3.63, 3.8) is 0 Å². The maximum Gasteiger partial charge on any atom is 0.249 e. The van der Waals surface area contributed by atoms with Crippen LogP contribution < -0.4 is 16.1 Å². The fraction of sp³-hybridized carbons (Fsp3) is 0.692. The van der Waals surface area contributed by atoms with E-state index in [9.17, 15) is 4.79 Å². The Labute approximate surface area is 109 Å². The molecule has 0 unspecified atom stereocenters. The minimum absolute atomic E-state index is 0.0966. The molecule has 5 nitrogen and oxygen atoms in total. The summed E-state index contributed by atoms with van der Waals surface area (Å²) in [4.78, 5) is 11.2. The van der Waals surface area contributed by atoms with Gasteiger partial charge in [0.15, 0.2) is 0 Å². The van der Waals surface area contributed by atoms with Crippen molar-refractivity contribution in [1.29, 1.82) is 0 Å². The zero-order chi connectivity index (χ0) is 13.5. The van der Waals surface area contributed by atoms with Gasteiger partial charge in [-0.2, -0.15) is 5.10 Å². The van der Waals surface area contributed by atoms with Gasteiger partial charge in [-0.1, -0.05) is 27.7 Å². The molecule has 0 saturated heterocycles. The standard InChI is InChI=1S/C13H24N4O/c1-9(2)5-11(6-10(3)4)16-17-12-7-13(18)15-8-14-12/h7,9-10,14,17H,5-6,8H2,1-4H3,(H,15,18). The first-order chi connectivity index (χ1) is 8.47. The highest BCUT2D eigenvalue weighted by atomic mass is 16.1. The molecule has 3 N–H and O–H groups in total. The van der Waals surface area contributed by atoms with Gasteiger partial charge in [-0.3, -0.25) is 10.2 Å². The van der Waals surface area contributed by atoms with Crippen LogP contribution in [-0.4, -0.2) is 18.3 Å². The van der Waals surface area contributed by atoms with Crippen molar-refractivity contribution in [2.24, 2.45) is 16.9 Å². The van der Waals surface area contributed by atoms with Crippen molar-refractivity contribution in [3.05, 3.63) is 11.9 Å². The van der Waals surface area contributed by atoms with Crippen molar-refractivity contribution in [2.45, 2.75) is 40.5 Å². The summed E-state index contributed by atoms with van der Waals surface area (Å²) in [5, 5.41) is 10.1. The van der Waals surface area contributed by atoms with Crippen LogP contribution in [0.3, 0.4) is 0 Å². The number of carbonyl (C=O) groups excluding carboxylic acids is 1. The van der Waals surface area contributed by atoms with E-state index in [2.05, 4.69) is 48.9 Å². The normalized spacial score (nSPS) is 15.0. The Kier molecular flexibility index (Phi) is 5.68. The zero-order valence-electron chi connectivity index (χ0n) is 11.7. The van der Waals surface area contributed by atoms with Gasteiger partial charge < -0.3 is 10.6 Å². The monoisotopic (exact) mass is 252 g/mol. The maximum absolute atomic E-state index is 11.2. The number of hydrogen-bond donors (Lipinski definition) is 3. The molecule has 1 aliphatic rings. The average molecular weight is 252 g/mol. The van der Waals surface area contributed by atoms with Crippen LogP contribution >= 0.6 is 0 Å². The largest absolute Gasteiger partial charge is 0.353 e. The molecule has 5 heteroatoms. The van der Waals surface area contributed by atoms with Crippen LogP contribution in [0.1, 0.15) is 40.5 Å². The number of hydrazone groups is 1. The van der Waals surface area contributed by atoms with Crippen molar-refractivity contribution < 1.29 is 4.79 Å². The Hall–Kier alpha value is -1.52. The van der Waals surface area contributed by atoms with E-state index in [0.29, 0.717) is 24.3 Å². The summed E-state index contributed by atoms with van der Waals surface area (Å²) in [6.07, 6.45) is 3.44. The fourth-order valence-corrected chi connectivity index (χ4v) is 1.79. The summed E-state index contributed by atoms with van der Waals surface area (Å²) >= 11 is 0. The summed E-state index contributed by atoms with van der Waals surface area (Å²) in [6, 6.07) is 0. The van der Waals surface area contributed by atoms with Crippen molar-refractivity contribution >= 4 is 11.6 Å². The molecule has 0 aromatic heterocycles. The van der Waals surface area contributed by atoms with Gasteiger partial charge in [-0.15, -0.1) is 0 Å². The number of amides is 1. The number of rotatable bonds is 6. The van der Waals surface area contributed by atoms with Crippen LogP contribution in [0.5, 0.6) is 0 Å². The minimum Gasteiger partial charge on any atom is -0.353 e. The number of carbonyl (C=O) groups is 1. The lowest BCUT2D eigenvalue weighted by Crippen LogP contribution is -2.41. The Balaban J connectivity index is 2.60. The lowest BCUT2D eigenvalue weighted by atomic mass is 9.99. The number of nitrogens with one attached hydrogen (secondary N) is 3. The lowest BCUT2D eigenvalue weighted by Gasteiger charge is -2.17. The number of nitrogens with zero attached hydrogens (tertiary/aromatic N) is 1. The molecule has 1 amide bonds. The Morgan fingerprint density at radius 3 is 2.39 bits per heavy atom. The van der Waals surface area contributed by atoms with Crippen molar-refractivity contribution in [2.75, 3.05) is 6.67 Å². The van der Waals surface area contributed by atoms with E-state index < -0.39 is 0 Å². The van der Waals surface area contributed by atoms with Gasteiger partial charge in [-0.05, 0) is 24.7 Å². The van der Waals surface area contributed by atoms with Gasteiger partial charge in [0.2, 0.25) is 5.91 Å².